The van der Waals surface area contributed by atoms with E-state index < -0.39 is 0 Å². The molecule has 2 rings (SSSR count). The van der Waals surface area contributed by atoms with Gasteiger partial charge in [-0.15, -0.1) is 12.3 Å². The number of carbonyl (C=O) groups excluding carboxylic acids is 1. The number of amides is 1. The minimum atomic E-state index is -0.102. The first kappa shape index (κ1) is 14.7. The van der Waals surface area contributed by atoms with Crippen LogP contribution in [-0.4, -0.2) is 32.4 Å². The van der Waals surface area contributed by atoms with Crippen molar-refractivity contribution in [2.75, 3.05) is 11.4 Å². The third-order valence-electron chi connectivity index (χ3n) is 3.24. The molecule has 0 unspecified atom stereocenters. The largest absolute Gasteiger partial charge is 0.307 e. The molecule has 0 saturated carbocycles. The van der Waals surface area contributed by atoms with Crippen molar-refractivity contribution in [2.24, 2.45) is 0 Å². The molecular formula is C15H17N5O. The number of carbonyl (C=O) groups is 1. The molecular weight excluding hydrogens is 266 g/mol. The van der Waals surface area contributed by atoms with Crippen LogP contribution in [0.5, 0.6) is 0 Å². The van der Waals surface area contributed by atoms with Gasteiger partial charge >= 0.3 is 0 Å². The van der Waals surface area contributed by atoms with Gasteiger partial charge in [0.1, 0.15) is 0 Å². The van der Waals surface area contributed by atoms with Crippen molar-refractivity contribution in [2.45, 2.75) is 26.8 Å². The normalized spacial score (nSPS) is 10.1. The van der Waals surface area contributed by atoms with Crippen molar-refractivity contribution in [3.63, 3.8) is 0 Å². The summed E-state index contributed by atoms with van der Waals surface area (Å²) in [4.78, 5) is 14.3. The van der Waals surface area contributed by atoms with Crippen molar-refractivity contribution >= 4 is 11.6 Å². The van der Waals surface area contributed by atoms with Gasteiger partial charge < -0.3 is 4.90 Å². The molecule has 0 aliphatic heterocycles. The highest BCUT2D eigenvalue weighted by molar-refractivity contribution is 6.06. The van der Waals surface area contributed by atoms with Crippen LogP contribution in [0.15, 0.2) is 24.7 Å². The molecule has 0 saturated heterocycles. The fourth-order valence-electron chi connectivity index (χ4n) is 2.08. The Labute approximate surface area is 123 Å². The summed E-state index contributed by atoms with van der Waals surface area (Å²) < 4.78 is 1.76. The quantitative estimate of drug-likeness (QED) is 0.783. The summed E-state index contributed by atoms with van der Waals surface area (Å²) in [5, 5.41) is 11.8. The van der Waals surface area contributed by atoms with E-state index in [0.717, 1.165) is 5.69 Å². The molecule has 6 heteroatoms. The molecule has 0 aliphatic carbocycles. The van der Waals surface area contributed by atoms with Gasteiger partial charge in [0.25, 0.3) is 5.91 Å². The summed E-state index contributed by atoms with van der Waals surface area (Å²) in [6.07, 6.45) is 10.6. The Morgan fingerprint density at radius 3 is 2.86 bits per heavy atom. The lowest BCUT2D eigenvalue weighted by atomic mass is 10.2. The van der Waals surface area contributed by atoms with Crippen LogP contribution in [0.2, 0.25) is 0 Å². The highest BCUT2D eigenvalue weighted by Gasteiger charge is 2.21. The van der Waals surface area contributed by atoms with E-state index in [2.05, 4.69) is 21.2 Å². The van der Waals surface area contributed by atoms with Gasteiger partial charge in [-0.2, -0.15) is 15.3 Å². The molecule has 1 amide bonds. The Morgan fingerprint density at radius 2 is 2.24 bits per heavy atom. The van der Waals surface area contributed by atoms with Gasteiger partial charge in [0.15, 0.2) is 0 Å². The molecule has 0 spiro atoms. The first-order valence-electron chi connectivity index (χ1n) is 6.73. The fourth-order valence-corrected chi connectivity index (χ4v) is 2.08. The Hall–Kier alpha value is -2.68. The summed E-state index contributed by atoms with van der Waals surface area (Å²) in [5.41, 5.74) is 2.11. The number of nitrogens with zero attached hydrogens (tertiary/aromatic N) is 5. The van der Waals surface area contributed by atoms with Gasteiger partial charge in [-0.3, -0.25) is 9.48 Å². The molecule has 0 atom stereocenters. The van der Waals surface area contributed by atoms with Crippen molar-refractivity contribution in [1.82, 2.24) is 20.0 Å². The summed E-state index contributed by atoms with van der Waals surface area (Å²) >= 11 is 0. The van der Waals surface area contributed by atoms with E-state index in [1.165, 1.54) is 0 Å². The van der Waals surface area contributed by atoms with E-state index >= 15 is 0 Å². The monoisotopic (exact) mass is 283 g/mol. The van der Waals surface area contributed by atoms with E-state index in [0.29, 0.717) is 30.8 Å². The number of aromatic nitrogens is 4. The standard InChI is InChI=1S/C15H17N5O/c1-4-6-9-20-12(3)14(11-18-20)15(21)19(5-2)13-7-8-16-17-10-13/h1,7-8,10-11H,5-6,9H2,2-3H3. The van der Waals surface area contributed by atoms with Gasteiger partial charge in [-0.25, -0.2) is 0 Å². The second-order valence-corrected chi connectivity index (χ2v) is 4.47. The third-order valence-corrected chi connectivity index (χ3v) is 3.24. The third kappa shape index (κ3) is 3.08. The number of rotatable bonds is 5. The Balaban J connectivity index is 2.27. The van der Waals surface area contributed by atoms with Crippen LogP contribution in [0.1, 0.15) is 29.4 Å². The van der Waals surface area contributed by atoms with Gasteiger partial charge in [0, 0.05) is 18.7 Å². The molecule has 6 nitrogen and oxygen atoms in total. The predicted molar refractivity (Wildman–Crippen MR) is 79.8 cm³/mol. The molecule has 0 radical (unpaired) electrons. The topological polar surface area (TPSA) is 63.9 Å². The number of aryl methyl sites for hydroxylation is 1. The van der Waals surface area contributed by atoms with Crippen LogP contribution in [0.3, 0.4) is 0 Å². The number of hydrogen-bond donors (Lipinski definition) is 0. The molecule has 0 aromatic carbocycles. The van der Waals surface area contributed by atoms with Gasteiger partial charge in [-0.1, -0.05) is 0 Å². The molecule has 0 bridgehead atoms. The molecule has 108 valence electrons. The van der Waals surface area contributed by atoms with E-state index in [-0.39, 0.29) is 5.91 Å². The lowest BCUT2D eigenvalue weighted by Crippen LogP contribution is -2.31. The average Bonchev–Trinajstić information content (AvgIpc) is 2.88. The lowest BCUT2D eigenvalue weighted by molar-refractivity contribution is 0.0987. The van der Waals surface area contributed by atoms with E-state index in [9.17, 15) is 4.79 Å². The maximum atomic E-state index is 12.7. The summed E-state index contributed by atoms with van der Waals surface area (Å²) in [5.74, 6) is 2.47. The molecule has 0 N–H and O–H groups in total. The van der Waals surface area contributed by atoms with Crippen molar-refractivity contribution in [1.29, 1.82) is 0 Å². The van der Waals surface area contributed by atoms with Gasteiger partial charge in [0.05, 0.1) is 36.4 Å². The van der Waals surface area contributed by atoms with Crippen LogP contribution >= 0.6 is 0 Å². The first-order valence-corrected chi connectivity index (χ1v) is 6.73. The average molecular weight is 283 g/mol. The second-order valence-electron chi connectivity index (χ2n) is 4.47. The zero-order valence-corrected chi connectivity index (χ0v) is 12.2. The lowest BCUT2D eigenvalue weighted by Gasteiger charge is -2.20. The minimum absolute atomic E-state index is 0.102. The highest BCUT2D eigenvalue weighted by Crippen LogP contribution is 2.17. The summed E-state index contributed by atoms with van der Waals surface area (Å²) in [6, 6.07) is 1.76. The summed E-state index contributed by atoms with van der Waals surface area (Å²) in [6.45, 7) is 4.93. The van der Waals surface area contributed by atoms with Crippen LogP contribution < -0.4 is 4.90 Å². The Morgan fingerprint density at radius 1 is 1.43 bits per heavy atom. The number of hydrogen-bond acceptors (Lipinski definition) is 4. The van der Waals surface area contributed by atoms with E-state index in [1.54, 1.807) is 34.2 Å². The zero-order valence-electron chi connectivity index (χ0n) is 12.2. The van der Waals surface area contributed by atoms with Crippen molar-refractivity contribution in [3.05, 3.63) is 35.9 Å². The SMILES string of the molecule is C#CCCn1ncc(C(=O)N(CC)c2ccnnc2)c1C. The molecule has 0 aliphatic rings. The first-order chi connectivity index (χ1) is 10.2. The maximum Gasteiger partial charge on any atom is 0.261 e. The Bertz CT molecular complexity index is 656. The van der Waals surface area contributed by atoms with Crippen molar-refractivity contribution in [3.8, 4) is 12.3 Å². The van der Waals surface area contributed by atoms with Crippen LogP contribution in [-0.2, 0) is 6.54 Å². The number of terminal acetylenes is 1. The maximum absolute atomic E-state index is 12.7. The van der Waals surface area contributed by atoms with Crippen molar-refractivity contribution < 1.29 is 4.79 Å². The second kappa shape index (κ2) is 6.66. The van der Waals surface area contributed by atoms with E-state index in [1.807, 2.05) is 13.8 Å². The molecule has 21 heavy (non-hydrogen) atoms. The Kier molecular flexibility index (Phi) is 4.67. The van der Waals surface area contributed by atoms with Gasteiger partial charge in [-0.05, 0) is 19.9 Å². The fraction of sp³-hybridized carbons (Fsp3) is 0.333. The smallest absolute Gasteiger partial charge is 0.261 e. The predicted octanol–water partition coefficient (Wildman–Crippen LogP) is 1.67. The molecule has 2 aromatic heterocycles. The molecule has 2 aromatic rings. The molecule has 2 heterocycles. The highest BCUT2D eigenvalue weighted by atomic mass is 16.2. The van der Waals surface area contributed by atoms with Crippen LogP contribution in [0.4, 0.5) is 5.69 Å². The number of anilines is 1. The molecule has 0 fully saturated rings. The zero-order chi connectivity index (χ0) is 15.2. The minimum Gasteiger partial charge on any atom is -0.307 e. The van der Waals surface area contributed by atoms with Crippen LogP contribution in [0, 0.1) is 19.3 Å². The van der Waals surface area contributed by atoms with E-state index in [4.69, 9.17) is 6.42 Å². The van der Waals surface area contributed by atoms with Gasteiger partial charge in [0.2, 0.25) is 0 Å². The summed E-state index contributed by atoms with van der Waals surface area (Å²) in [7, 11) is 0. The van der Waals surface area contributed by atoms with Crippen LogP contribution in [0.25, 0.3) is 0 Å².